The van der Waals surface area contributed by atoms with Crippen LogP contribution in [0.2, 0.25) is 0 Å². The van der Waals surface area contributed by atoms with Gasteiger partial charge in [-0.25, -0.2) is 0 Å². The van der Waals surface area contributed by atoms with Crippen molar-refractivity contribution in [2.75, 3.05) is 11.9 Å². The lowest BCUT2D eigenvalue weighted by atomic mass is 10.2. The highest BCUT2D eigenvalue weighted by Crippen LogP contribution is 2.24. The van der Waals surface area contributed by atoms with Crippen molar-refractivity contribution in [3.8, 4) is 5.75 Å². The Labute approximate surface area is 114 Å². The van der Waals surface area contributed by atoms with Gasteiger partial charge >= 0.3 is 0 Å². The summed E-state index contributed by atoms with van der Waals surface area (Å²) in [5.41, 5.74) is 3.21. The highest BCUT2D eigenvalue weighted by atomic mass is 16.5. The normalized spacial score (nSPS) is 10.2. The molecule has 0 aliphatic rings. The summed E-state index contributed by atoms with van der Waals surface area (Å²) >= 11 is 0. The van der Waals surface area contributed by atoms with Gasteiger partial charge in [-0.2, -0.15) is 0 Å². The molecule has 0 aliphatic heterocycles. The number of pyridine rings is 1. The third-order valence-corrected chi connectivity index (χ3v) is 2.78. The number of hydrogen-bond acceptors (Lipinski definition) is 3. The van der Waals surface area contributed by atoms with Crippen LogP contribution < -0.4 is 10.1 Å². The first-order chi connectivity index (χ1) is 9.29. The highest BCUT2D eigenvalue weighted by molar-refractivity contribution is 5.56. The smallest absolute Gasteiger partial charge is 0.142 e. The van der Waals surface area contributed by atoms with E-state index in [0.29, 0.717) is 6.54 Å². The second-order valence-electron chi connectivity index (χ2n) is 4.53. The van der Waals surface area contributed by atoms with E-state index in [-0.39, 0.29) is 0 Å². The standard InChI is InChI=1S/C16H20N2O/c1-3-10-19-16-7-5-4-6-15(16)18-12-14-9-8-13(2)11-17-14/h4-9,11,18H,3,10,12H2,1-2H3. The van der Waals surface area contributed by atoms with E-state index in [0.717, 1.165) is 30.2 Å². The van der Waals surface area contributed by atoms with E-state index < -0.39 is 0 Å². The van der Waals surface area contributed by atoms with Gasteiger partial charge in [-0.3, -0.25) is 4.98 Å². The van der Waals surface area contributed by atoms with E-state index in [1.165, 1.54) is 5.56 Å². The van der Waals surface area contributed by atoms with Crippen LogP contribution in [0.25, 0.3) is 0 Å². The Balaban J connectivity index is 2.00. The minimum atomic E-state index is 0.701. The Hall–Kier alpha value is -2.03. The molecule has 0 saturated carbocycles. The lowest BCUT2D eigenvalue weighted by molar-refractivity contribution is 0.319. The van der Waals surface area contributed by atoms with E-state index in [2.05, 4.69) is 23.3 Å². The van der Waals surface area contributed by atoms with Gasteiger partial charge in [0.25, 0.3) is 0 Å². The van der Waals surface area contributed by atoms with Crippen molar-refractivity contribution in [3.63, 3.8) is 0 Å². The Morgan fingerprint density at radius 1 is 1.16 bits per heavy atom. The number of nitrogens with one attached hydrogen (secondary N) is 1. The van der Waals surface area contributed by atoms with Gasteiger partial charge in [-0.15, -0.1) is 0 Å². The lowest BCUT2D eigenvalue weighted by Crippen LogP contribution is -2.04. The van der Waals surface area contributed by atoms with Crippen molar-refractivity contribution < 1.29 is 4.74 Å². The number of rotatable bonds is 6. The maximum absolute atomic E-state index is 5.71. The Morgan fingerprint density at radius 3 is 2.74 bits per heavy atom. The van der Waals surface area contributed by atoms with Gasteiger partial charge in [0.2, 0.25) is 0 Å². The molecule has 1 N–H and O–H groups in total. The summed E-state index contributed by atoms with van der Waals surface area (Å²) in [5, 5.41) is 3.37. The molecule has 3 nitrogen and oxygen atoms in total. The lowest BCUT2D eigenvalue weighted by Gasteiger charge is -2.12. The fourth-order valence-electron chi connectivity index (χ4n) is 1.74. The number of ether oxygens (including phenoxy) is 1. The summed E-state index contributed by atoms with van der Waals surface area (Å²) in [5.74, 6) is 0.900. The van der Waals surface area contributed by atoms with Crippen LogP contribution in [0.5, 0.6) is 5.75 Å². The SMILES string of the molecule is CCCOc1ccccc1NCc1ccc(C)cn1. The maximum Gasteiger partial charge on any atom is 0.142 e. The van der Waals surface area contributed by atoms with Gasteiger partial charge in [0.1, 0.15) is 5.75 Å². The van der Waals surface area contributed by atoms with E-state index in [9.17, 15) is 0 Å². The minimum Gasteiger partial charge on any atom is -0.491 e. The molecule has 19 heavy (non-hydrogen) atoms. The molecule has 1 aromatic carbocycles. The van der Waals surface area contributed by atoms with E-state index in [1.807, 2.05) is 43.5 Å². The summed E-state index contributed by atoms with van der Waals surface area (Å²) in [4.78, 5) is 4.38. The largest absolute Gasteiger partial charge is 0.491 e. The van der Waals surface area contributed by atoms with Gasteiger partial charge in [-0.1, -0.05) is 25.1 Å². The Kier molecular flexibility index (Phi) is 4.78. The number of benzene rings is 1. The number of aromatic nitrogens is 1. The average Bonchev–Trinajstić information content (AvgIpc) is 2.45. The zero-order valence-corrected chi connectivity index (χ0v) is 11.5. The molecule has 0 amide bonds. The highest BCUT2D eigenvalue weighted by Gasteiger charge is 2.02. The van der Waals surface area contributed by atoms with Gasteiger partial charge in [0.15, 0.2) is 0 Å². The van der Waals surface area contributed by atoms with Crippen LogP contribution in [0.4, 0.5) is 5.69 Å². The van der Waals surface area contributed by atoms with Crippen LogP contribution >= 0.6 is 0 Å². The third-order valence-electron chi connectivity index (χ3n) is 2.78. The summed E-state index contributed by atoms with van der Waals surface area (Å²) < 4.78 is 5.71. The summed E-state index contributed by atoms with van der Waals surface area (Å²) in [7, 11) is 0. The van der Waals surface area contributed by atoms with E-state index in [4.69, 9.17) is 4.74 Å². The number of nitrogens with zero attached hydrogens (tertiary/aromatic N) is 1. The molecular formula is C16H20N2O. The van der Waals surface area contributed by atoms with Crippen LogP contribution in [0.15, 0.2) is 42.6 Å². The third kappa shape index (κ3) is 3.98. The molecular weight excluding hydrogens is 236 g/mol. The topological polar surface area (TPSA) is 34.1 Å². The van der Waals surface area contributed by atoms with Gasteiger partial charge in [-0.05, 0) is 37.1 Å². The van der Waals surface area contributed by atoms with Crippen molar-refractivity contribution in [1.82, 2.24) is 4.98 Å². The second-order valence-corrected chi connectivity index (χ2v) is 4.53. The van der Waals surface area contributed by atoms with Crippen LogP contribution in [0, 0.1) is 6.92 Å². The van der Waals surface area contributed by atoms with Crippen molar-refractivity contribution in [3.05, 3.63) is 53.9 Å². The quantitative estimate of drug-likeness (QED) is 0.853. The number of para-hydroxylation sites is 2. The first-order valence-corrected chi connectivity index (χ1v) is 6.67. The first kappa shape index (κ1) is 13.4. The molecule has 0 aliphatic carbocycles. The second kappa shape index (κ2) is 6.78. The summed E-state index contributed by atoms with van der Waals surface area (Å²) in [6, 6.07) is 12.1. The maximum atomic E-state index is 5.71. The molecule has 0 atom stereocenters. The monoisotopic (exact) mass is 256 g/mol. The number of aryl methyl sites for hydroxylation is 1. The molecule has 2 rings (SSSR count). The zero-order chi connectivity index (χ0) is 13.5. The molecule has 1 aromatic heterocycles. The van der Waals surface area contributed by atoms with Gasteiger partial charge in [0.05, 0.1) is 24.5 Å². The summed E-state index contributed by atoms with van der Waals surface area (Å²) in [6.07, 6.45) is 2.89. The molecule has 0 fully saturated rings. The van der Waals surface area contributed by atoms with Crippen molar-refractivity contribution in [2.45, 2.75) is 26.8 Å². The van der Waals surface area contributed by atoms with E-state index >= 15 is 0 Å². The fraction of sp³-hybridized carbons (Fsp3) is 0.312. The molecule has 100 valence electrons. The Bertz CT molecular complexity index is 508. The molecule has 0 spiro atoms. The van der Waals surface area contributed by atoms with E-state index in [1.54, 1.807) is 0 Å². The van der Waals surface area contributed by atoms with Crippen LogP contribution in [0.1, 0.15) is 24.6 Å². The zero-order valence-electron chi connectivity index (χ0n) is 11.5. The predicted octanol–water partition coefficient (Wildman–Crippen LogP) is 3.79. The summed E-state index contributed by atoms with van der Waals surface area (Å²) in [6.45, 7) is 5.58. The van der Waals surface area contributed by atoms with Crippen LogP contribution in [-0.4, -0.2) is 11.6 Å². The molecule has 3 heteroatoms. The number of hydrogen-bond donors (Lipinski definition) is 1. The van der Waals surface area contributed by atoms with Crippen molar-refractivity contribution in [1.29, 1.82) is 0 Å². The van der Waals surface area contributed by atoms with Gasteiger partial charge in [0, 0.05) is 6.20 Å². The number of anilines is 1. The van der Waals surface area contributed by atoms with Crippen molar-refractivity contribution in [2.24, 2.45) is 0 Å². The van der Waals surface area contributed by atoms with Gasteiger partial charge < -0.3 is 10.1 Å². The van der Waals surface area contributed by atoms with Crippen LogP contribution in [0.3, 0.4) is 0 Å². The van der Waals surface area contributed by atoms with Crippen LogP contribution in [-0.2, 0) is 6.54 Å². The Morgan fingerprint density at radius 2 is 2.00 bits per heavy atom. The fourth-order valence-corrected chi connectivity index (χ4v) is 1.74. The molecule has 0 radical (unpaired) electrons. The average molecular weight is 256 g/mol. The van der Waals surface area contributed by atoms with Crippen molar-refractivity contribution >= 4 is 5.69 Å². The first-order valence-electron chi connectivity index (χ1n) is 6.67. The molecule has 0 saturated heterocycles. The minimum absolute atomic E-state index is 0.701. The molecule has 0 unspecified atom stereocenters. The molecule has 2 aromatic rings. The predicted molar refractivity (Wildman–Crippen MR) is 78.5 cm³/mol. The molecule has 0 bridgehead atoms. The molecule has 1 heterocycles.